The van der Waals surface area contributed by atoms with Gasteiger partial charge in [0.05, 0.1) is 5.56 Å². The van der Waals surface area contributed by atoms with Crippen LogP contribution in [0.5, 0.6) is 0 Å². The maximum Gasteiger partial charge on any atom is 0.152 e. The Labute approximate surface area is 91.3 Å². The van der Waals surface area contributed by atoms with Crippen LogP contribution in [-0.4, -0.2) is 6.29 Å². The van der Waals surface area contributed by atoms with Crippen LogP contribution in [0.25, 0.3) is 11.1 Å². The molecule has 0 spiro atoms. The Morgan fingerprint density at radius 2 is 1.69 bits per heavy atom. The van der Waals surface area contributed by atoms with Crippen molar-refractivity contribution in [3.05, 3.63) is 59.7 Å². The Bertz CT molecular complexity index is 535. The van der Waals surface area contributed by atoms with E-state index in [1.54, 1.807) is 18.2 Å². The zero-order valence-electron chi connectivity index (χ0n) is 8.28. The number of rotatable bonds is 2. The first kappa shape index (κ1) is 10.5. The van der Waals surface area contributed by atoms with Gasteiger partial charge < -0.3 is 0 Å². The second-order valence-corrected chi connectivity index (χ2v) is 3.36. The molecule has 3 heteroatoms. The molecule has 2 rings (SSSR count). The summed E-state index contributed by atoms with van der Waals surface area (Å²) in [7, 11) is 0. The Balaban J connectivity index is 2.49. The predicted molar refractivity (Wildman–Crippen MR) is 57.2 cm³/mol. The first-order valence-electron chi connectivity index (χ1n) is 4.71. The van der Waals surface area contributed by atoms with E-state index in [9.17, 15) is 13.6 Å². The van der Waals surface area contributed by atoms with Crippen LogP contribution in [0.3, 0.4) is 0 Å². The van der Waals surface area contributed by atoms with Crippen molar-refractivity contribution in [2.24, 2.45) is 0 Å². The maximum absolute atomic E-state index is 13.3. The van der Waals surface area contributed by atoms with Gasteiger partial charge in [0, 0.05) is 0 Å². The number of halogens is 2. The first-order chi connectivity index (χ1) is 7.70. The van der Waals surface area contributed by atoms with E-state index in [0.29, 0.717) is 17.4 Å². The summed E-state index contributed by atoms with van der Waals surface area (Å²) in [6, 6.07) is 10.0. The quantitative estimate of drug-likeness (QED) is 0.705. The molecule has 0 aliphatic heterocycles. The number of hydrogen-bond acceptors (Lipinski definition) is 1. The third kappa shape index (κ3) is 1.98. The van der Waals surface area contributed by atoms with E-state index in [1.165, 1.54) is 24.3 Å². The van der Waals surface area contributed by atoms with Crippen LogP contribution in [0.4, 0.5) is 8.78 Å². The third-order valence-electron chi connectivity index (χ3n) is 2.29. The summed E-state index contributed by atoms with van der Waals surface area (Å²) in [5, 5.41) is 0. The summed E-state index contributed by atoms with van der Waals surface area (Å²) < 4.78 is 26.3. The highest BCUT2D eigenvalue weighted by atomic mass is 19.1. The molecule has 0 unspecified atom stereocenters. The molecule has 0 bridgehead atoms. The van der Waals surface area contributed by atoms with Crippen molar-refractivity contribution >= 4 is 6.29 Å². The highest BCUT2D eigenvalue weighted by Gasteiger charge is 2.04. The van der Waals surface area contributed by atoms with Gasteiger partial charge in [-0.05, 0) is 35.4 Å². The minimum Gasteiger partial charge on any atom is -0.298 e. The minimum atomic E-state index is -0.600. The van der Waals surface area contributed by atoms with Gasteiger partial charge >= 0.3 is 0 Å². The lowest BCUT2D eigenvalue weighted by atomic mass is 10.0. The average molecular weight is 218 g/mol. The highest BCUT2D eigenvalue weighted by molar-refractivity contribution is 5.77. The van der Waals surface area contributed by atoms with E-state index < -0.39 is 5.82 Å². The fraction of sp³-hybridized carbons (Fsp3) is 0. The molecule has 0 atom stereocenters. The second-order valence-electron chi connectivity index (χ2n) is 3.36. The van der Waals surface area contributed by atoms with E-state index >= 15 is 0 Å². The van der Waals surface area contributed by atoms with Crippen LogP contribution >= 0.6 is 0 Å². The number of aldehydes is 1. The van der Waals surface area contributed by atoms with Crippen LogP contribution in [0.2, 0.25) is 0 Å². The van der Waals surface area contributed by atoms with Crippen molar-refractivity contribution in [1.29, 1.82) is 0 Å². The van der Waals surface area contributed by atoms with Crippen LogP contribution in [0, 0.1) is 11.6 Å². The molecule has 0 aliphatic carbocycles. The topological polar surface area (TPSA) is 17.1 Å². The standard InChI is InChI=1S/C13H8F2O/c14-12-3-1-2-9(6-12)10-4-5-11(8-16)13(15)7-10/h1-8H. The number of benzene rings is 2. The third-order valence-corrected chi connectivity index (χ3v) is 2.29. The molecule has 1 nitrogen and oxygen atoms in total. The summed E-state index contributed by atoms with van der Waals surface area (Å²) in [5.41, 5.74) is 1.12. The van der Waals surface area contributed by atoms with Crippen molar-refractivity contribution in [2.45, 2.75) is 0 Å². The molecule has 2 aromatic carbocycles. The van der Waals surface area contributed by atoms with Gasteiger partial charge in [-0.2, -0.15) is 0 Å². The van der Waals surface area contributed by atoms with Gasteiger partial charge in [-0.25, -0.2) is 8.78 Å². The van der Waals surface area contributed by atoms with Gasteiger partial charge in [-0.1, -0.05) is 18.2 Å². The van der Waals surface area contributed by atoms with Gasteiger partial charge in [0.2, 0.25) is 0 Å². The lowest BCUT2D eigenvalue weighted by molar-refractivity contribution is 0.112. The average Bonchev–Trinajstić information content (AvgIpc) is 2.29. The van der Waals surface area contributed by atoms with E-state index in [-0.39, 0.29) is 11.4 Å². The summed E-state index contributed by atoms with van der Waals surface area (Å²) in [4.78, 5) is 10.4. The minimum absolute atomic E-state index is 0.000142. The predicted octanol–water partition coefficient (Wildman–Crippen LogP) is 3.44. The van der Waals surface area contributed by atoms with Gasteiger partial charge in [0.1, 0.15) is 11.6 Å². The molecular formula is C13H8F2O. The van der Waals surface area contributed by atoms with E-state index in [4.69, 9.17) is 0 Å². The Morgan fingerprint density at radius 3 is 2.31 bits per heavy atom. The van der Waals surface area contributed by atoms with Crippen LogP contribution < -0.4 is 0 Å². The van der Waals surface area contributed by atoms with Crippen molar-refractivity contribution < 1.29 is 13.6 Å². The van der Waals surface area contributed by atoms with E-state index in [1.807, 2.05) is 0 Å². The smallest absolute Gasteiger partial charge is 0.152 e. The largest absolute Gasteiger partial charge is 0.298 e. The fourth-order valence-electron chi connectivity index (χ4n) is 1.47. The molecule has 16 heavy (non-hydrogen) atoms. The first-order valence-corrected chi connectivity index (χ1v) is 4.71. The molecule has 0 aliphatic rings. The molecule has 0 heterocycles. The molecule has 2 aromatic rings. The van der Waals surface area contributed by atoms with Crippen molar-refractivity contribution in [1.82, 2.24) is 0 Å². The van der Waals surface area contributed by atoms with Crippen LogP contribution in [-0.2, 0) is 0 Å². The lowest BCUT2D eigenvalue weighted by Gasteiger charge is -2.03. The highest BCUT2D eigenvalue weighted by Crippen LogP contribution is 2.22. The van der Waals surface area contributed by atoms with Gasteiger partial charge in [0.15, 0.2) is 6.29 Å². The number of carbonyl (C=O) groups excluding carboxylic acids is 1. The van der Waals surface area contributed by atoms with Gasteiger partial charge in [0.25, 0.3) is 0 Å². The molecule has 0 fully saturated rings. The molecule has 0 saturated carbocycles. The number of carbonyl (C=O) groups is 1. The molecule has 0 amide bonds. The molecule has 0 radical (unpaired) electrons. The molecular weight excluding hydrogens is 210 g/mol. The molecule has 80 valence electrons. The Kier molecular flexibility index (Phi) is 2.77. The van der Waals surface area contributed by atoms with Crippen LogP contribution in [0.15, 0.2) is 42.5 Å². The van der Waals surface area contributed by atoms with Gasteiger partial charge in [-0.15, -0.1) is 0 Å². The van der Waals surface area contributed by atoms with Crippen molar-refractivity contribution in [3.8, 4) is 11.1 Å². The molecule has 0 saturated heterocycles. The lowest BCUT2D eigenvalue weighted by Crippen LogP contribution is -1.88. The zero-order valence-corrected chi connectivity index (χ0v) is 8.28. The fourth-order valence-corrected chi connectivity index (χ4v) is 1.47. The summed E-state index contributed by atoms with van der Waals surface area (Å²) in [6.45, 7) is 0. The SMILES string of the molecule is O=Cc1ccc(-c2cccc(F)c2)cc1F. The van der Waals surface area contributed by atoms with Gasteiger partial charge in [-0.3, -0.25) is 4.79 Å². The normalized spacial score (nSPS) is 10.1. The van der Waals surface area contributed by atoms with E-state index in [0.717, 1.165) is 0 Å². The van der Waals surface area contributed by atoms with Crippen LogP contribution in [0.1, 0.15) is 10.4 Å². The summed E-state index contributed by atoms with van der Waals surface area (Å²) in [5.74, 6) is -0.978. The zero-order chi connectivity index (χ0) is 11.5. The maximum atomic E-state index is 13.3. The van der Waals surface area contributed by atoms with Crippen molar-refractivity contribution in [2.75, 3.05) is 0 Å². The number of hydrogen-bond donors (Lipinski definition) is 0. The van der Waals surface area contributed by atoms with E-state index in [2.05, 4.69) is 0 Å². The monoisotopic (exact) mass is 218 g/mol. The molecule has 0 N–H and O–H groups in total. The Morgan fingerprint density at radius 1 is 0.938 bits per heavy atom. The summed E-state index contributed by atoms with van der Waals surface area (Å²) in [6.07, 6.45) is 0.449. The molecule has 0 aromatic heterocycles. The van der Waals surface area contributed by atoms with Crippen molar-refractivity contribution in [3.63, 3.8) is 0 Å². The summed E-state index contributed by atoms with van der Waals surface area (Å²) >= 11 is 0. The second kappa shape index (κ2) is 4.23. The Hall–Kier alpha value is -2.03.